The molecule has 0 aliphatic heterocycles. The zero-order valence-corrected chi connectivity index (χ0v) is 9.78. The second kappa shape index (κ2) is 4.40. The molecule has 6 nitrogen and oxygen atoms in total. The molecule has 0 fully saturated rings. The zero-order valence-electron chi connectivity index (χ0n) is 8.97. The van der Waals surface area contributed by atoms with Gasteiger partial charge >= 0.3 is 0 Å². The van der Waals surface area contributed by atoms with E-state index in [-0.39, 0.29) is 5.56 Å². The van der Waals surface area contributed by atoms with Gasteiger partial charge in [0.2, 0.25) is 0 Å². The van der Waals surface area contributed by atoms with Crippen LogP contribution in [0.2, 0.25) is 0 Å². The Bertz CT molecular complexity index is 547. The highest BCUT2D eigenvalue weighted by atomic mass is 32.1. The van der Waals surface area contributed by atoms with Crippen molar-refractivity contribution in [3.63, 3.8) is 0 Å². The molecular formula is C9H11N5OS. The maximum Gasteiger partial charge on any atom is 0.267 e. The van der Waals surface area contributed by atoms with E-state index in [2.05, 4.69) is 20.0 Å². The van der Waals surface area contributed by atoms with Crippen LogP contribution >= 0.6 is 11.5 Å². The fourth-order valence-corrected chi connectivity index (χ4v) is 1.81. The van der Waals surface area contributed by atoms with Crippen LogP contribution in [0.15, 0.2) is 17.1 Å². The van der Waals surface area contributed by atoms with Gasteiger partial charge in [-0.25, -0.2) is 4.68 Å². The van der Waals surface area contributed by atoms with Crippen molar-refractivity contribution in [3.8, 4) is 0 Å². The first-order chi connectivity index (χ1) is 7.70. The zero-order chi connectivity index (χ0) is 11.5. The van der Waals surface area contributed by atoms with Crippen LogP contribution in [0.4, 0.5) is 5.00 Å². The highest BCUT2D eigenvalue weighted by Crippen LogP contribution is 2.16. The second-order valence-electron chi connectivity index (χ2n) is 3.33. The molecule has 0 aliphatic carbocycles. The lowest BCUT2D eigenvalue weighted by Gasteiger charge is -2.03. The van der Waals surface area contributed by atoms with Gasteiger partial charge in [-0.05, 0) is 12.5 Å². The van der Waals surface area contributed by atoms with Gasteiger partial charge in [0.05, 0.1) is 12.7 Å². The summed E-state index contributed by atoms with van der Waals surface area (Å²) in [4.78, 5) is 11.6. The molecule has 0 saturated carbocycles. The summed E-state index contributed by atoms with van der Waals surface area (Å²) in [5, 5.41) is 11.8. The number of hydrogen-bond donors (Lipinski definition) is 1. The van der Waals surface area contributed by atoms with Crippen LogP contribution in [0, 0.1) is 6.92 Å². The molecule has 0 aliphatic rings. The second-order valence-corrected chi connectivity index (χ2v) is 4.08. The van der Waals surface area contributed by atoms with Crippen molar-refractivity contribution < 1.29 is 0 Å². The normalized spacial score (nSPS) is 10.4. The molecule has 0 amide bonds. The van der Waals surface area contributed by atoms with Gasteiger partial charge in [0.15, 0.2) is 0 Å². The molecule has 7 heteroatoms. The van der Waals surface area contributed by atoms with Crippen molar-refractivity contribution in [1.82, 2.24) is 19.4 Å². The molecular weight excluding hydrogens is 226 g/mol. The molecule has 0 aromatic carbocycles. The summed E-state index contributed by atoms with van der Waals surface area (Å²) in [6.45, 7) is 2.17. The van der Waals surface area contributed by atoms with Gasteiger partial charge in [0.25, 0.3) is 5.56 Å². The maximum atomic E-state index is 11.6. The number of aromatic nitrogens is 4. The van der Waals surface area contributed by atoms with Gasteiger partial charge in [-0.2, -0.15) is 5.10 Å². The standard InChI is InChI=1S/C9H11N5OS/c1-6-3-8(15)14(11-4-6)5-7-9(10-2)16-13-12-7/h3-4,10H,5H2,1-2H3. The van der Waals surface area contributed by atoms with E-state index in [1.165, 1.54) is 16.2 Å². The van der Waals surface area contributed by atoms with Crippen LogP contribution in [0.5, 0.6) is 0 Å². The molecule has 2 rings (SSSR count). The number of aryl methyl sites for hydroxylation is 1. The number of nitrogens with zero attached hydrogens (tertiary/aromatic N) is 4. The van der Waals surface area contributed by atoms with E-state index in [0.29, 0.717) is 6.54 Å². The van der Waals surface area contributed by atoms with Gasteiger partial charge in [-0.15, -0.1) is 5.10 Å². The van der Waals surface area contributed by atoms with Crippen LogP contribution in [0.25, 0.3) is 0 Å². The molecule has 0 atom stereocenters. The Labute approximate surface area is 96.1 Å². The minimum atomic E-state index is -0.130. The Morgan fingerprint density at radius 1 is 1.56 bits per heavy atom. The summed E-state index contributed by atoms with van der Waals surface area (Å²) >= 11 is 1.26. The molecule has 1 N–H and O–H groups in total. The van der Waals surface area contributed by atoms with Crippen LogP contribution in [-0.4, -0.2) is 26.4 Å². The molecule has 0 spiro atoms. The predicted molar refractivity (Wildman–Crippen MR) is 61.8 cm³/mol. The van der Waals surface area contributed by atoms with Crippen molar-refractivity contribution in [2.24, 2.45) is 0 Å². The van der Waals surface area contributed by atoms with Crippen LogP contribution in [-0.2, 0) is 6.54 Å². The third kappa shape index (κ3) is 2.08. The smallest absolute Gasteiger partial charge is 0.267 e. The van der Waals surface area contributed by atoms with Crippen molar-refractivity contribution >= 4 is 16.5 Å². The van der Waals surface area contributed by atoms with Gasteiger partial charge in [-0.1, -0.05) is 4.49 Å². The van der Waals surface area contributed by atoms with Crippen LogP contribution < -0.4 is 10.9 Å². The Morgan fingerprint density at radius 2 is 2.38 bits per heavy atom. The molecule has 0 saturated heterocycles. The minimum Gasteiger partial charge on any atom is -0.377 e. The lowest BCUT2D eigenvalue weighted by Crippen LogP contribution is -2.23. The highest BCUT2D eigenvalue weighted by Gasteiger charge is 2.08. The highest BCUT2D eigenvalue weighted by molar-refractivity contribution is 7.10. The largest absolute Gasteiger partial charge is 0.377 e. The van der Waals surface area contributed by atoms with E-state index in [4.69, 9.17) is 0 Å². The van der Waals surface area contributed by atoms with E-state index >= 15 is 0 Å². The lowest BCUT2D eigenvalue weighted by molar-refractivity contribution is 0.624. The number of rotatable bonds is 3. The van der Waals surface area contributed by atoms with Gasteiger partial charge in [-0.3, -0.25) is 4.79 Å². The average Bonchev–Trinajstić information content (AvgIpc) is 2.69. The SMILES string of the molecule is CNc1snnc1Cn1ncc(C)cc1=O. The van der Waals surface area contributed by atoms with E-state index in [1.54, 1.807) is 19.3 Å². The summed E-state index contributed by atoms with van der Waals surface area (Å²) in [7, 11) is 1.80. The van der Waals surface area contributed by atoms with E-state index < -0.39 is 0 Å². The molecule has 84 valence electrons. The maximum absolute atomic E-state index is 11.6. The average molecular weight is 237 g/mol. The van der Waals surface area contributed by atoms with E-state index in [9.17, 15) is 4.79 Å². The molecule has 2 aromatic heterocycles. The third-order valence-electron chi connectivity index (χ3n) is 2.09. The lowest BCUT2D eigenvalue weighted by atomic mass is 10.3. The Kier molecular flexibility index (Phi) is 2.95. The summed E-state index contributed by atoms with van der Waals surface area (Å²) in [5.74, 6) is 0. The number of anilines is 1. The molecule has 0 radical (unpaired) electrons. The molecule has 16 heavy (non-hydrogen) atoms. The fourth-order valence-electron chi connectivity index (χ4n) is 1.29. The monoisotopic (exact) mass is 237 g/mol. The molecule has 0 unspecified atom stereocenters. The third-order valence-corrected chi connectivity index (χ3v) is 2.87. The number of hydrogen-bond acceptors (Lipinski definition) is 6. The first-order valence-electron chi connectivity index (χ1n) is 4.73. The van der Waals surface area contributed by atoms with Crippen molar-refractivity contribution in [2.75, 3.05) is 12.4 Å². The van der Waals surface area contributed by atoms with Gasteiger partial charge < -0.3 is 5.32 Å². The molecule has 2 heterocycles. The summed E-state index contributed by atoms with van der Waals surface area (Å²) in [6, 6.07) is 1.55. The van der Waals surface area contributed by atoms with Gasteiger partial charge in [0.1, 0.15) is 10.7 Å². The van der Waals surface area contributed by atoms with Crippen LogP contribution in [0.3, 0.4) is 0 Å². The molecule has 2 aromatic rings. The van der Waals surface area contributed by atoms with Crippen LogP contribution in [0.1, 0.15) is 11.3 Å². The Morgan fingerprint density at radius 3 is 3.06 bits per heavy atom. The fraction of sp³-hybridized carbons (Fsp3) is 0.333. The number of nitrogens with one attached hydrogen (secondary N) is 1. The minimum absolute atomic E-state index is 0.130. The summed E-state index contributed by atoms with van der Waals surface area (Å²) in [5.41, 5.74) is 1.45. The summed E-state index contributed by atoms with van der Waals surface area (Å²) < 4.78 is 5.19. The quantitative estimate of drug-likeness (QED) is 0.841. The summed E-state index contributed by atoms with van der Waals surface area (Å²) in [6.07, 6.45) is 1.65. The van der Waals surface area contributed by atoms with Crippen molar-refractivity contribution in [2.45, 2.75) is 13.5 Å². The van der Waals surface area contributed by atoms with E-state index in [0.717, 1.165) is 16.3 Å². The first kappa shape index (κ1) is 10.7. The van der Waals surface area contributed by atoms with E-state index in [1.807, 2.05) is 6.92 Å². The Balaban J connectivity index is 2.31. The van der Waals surface area contributed by atoms with Gasteiger partial charge in [0, 0.05) is 24.6 Å². The van der Waals surface area contributed by atoms with Crippen molar-refractivity contribution in [3.05, 3.63) is 33.9 Å². The Hall–Kier alpha value is -1.76. The first-order valence-corrected chi connectivity index (χ1v) is 5.51. The van der Waals surface area contributed by atoms with Crippen molar-refractivity contribution in [1.29, 1.82) is 0 Å². The molecule has 0 bridgehead atoms. The topological polar surface area (TPSA) is 72.7 Å². The predicted octanol–water partition coefficient (Wildman–Crippen LogP) is 0.493.